The normalized spacial score (nSPS) is 20.8. The first-order chi connectivity index (χ1) is 21.3. The molecule has 1 fully saturated rings. The van der Waals surface area contributed by atoms with Gasteiger partial charge in [0.2, 0.25) is 10.0 Å². The largest absolute Gasteiger partial charge is 0.573 e. The molecule has 1 aliphatic carbocycles. The predicted octanol–water partition coefficient (Wildman–Crippen LogP) is 4.91. The highest BCUT2D eigenvalue weighted by Crippen LogP contribution is 2.35. The van der Waals surface area contributed by atoms with Crippen molar-refractivity contribution in [3.05, 3.63) is 89.0 Å². The van der Waals surface area contributed by atoms with Gasteiger partial charge in [-0.05, 0) is 80.6 Å². The molecular formula is C31H35F3N2O8S2. The lowest BCUT2D eigenvalue weighted by Crippen LogP contribution is -2.58. The molecule has 15 heteroatoms. The molecule has 3 aromatic carbocycles. The van der Waals surface area contributed by atoms with E-state index in [0.717, 1.165) is 16.7 Å². The van der Waals surface area contributed by atoms with E-state index < -0.39 is 38.4 Å². The summed E-state index contributed by atoms with van der Waals surface area (Å²) >= 11 is 0. The zero-order valence-electron chi connectivity index (χ0n) is 25.3. The number of hydrogen-bond acceptors (Lipinski definition) is 7. The average Bonchev–Trinajstić information content (AvgIpc) is 3.38. The van der Waals surface area contributed by atoms with Crippen molar-refractivity contribution < 1.29 is 49.2 Å². The van der Waals surface area contributed by atoms with Crippen molar-refractivity contribution in [2.45, 2.75) is 68.4 Å². The minimum absolute atomic E-state index is 0.0666. The number of rotatable bonds is 7. The van der Waals surface area contributed by atoms with Gasteiger partial charge in [0.15, 0.2) is 0 Å². The Morgan fingerprint density at radius 2 is 1.50 bits per heavy atom. The van der Waals surface area contributed by atoms with Crippen LogP contribution in [0.4, 0.5) is 13.2 Å². The molecule has 3 atom stereocenters. The third-order valence-electron chi connectivity index (χ3n) is 7.85. The van der Waals surface area contributed by atoms with E-state index >= 15 is 0 Å². The maximum Gasteiger partial charge on any atom is 0.573 e. The molecule has 0 aromatic heterocycles. The lowest BCUT2D eigenvalue weighted by molar-refractivity contribution is -0.274. The van der Waals surface area contributed by atoms with Gasteiger partial charge in [0.25, 0.3) is 10.1 Å². The topological polar surface area (TPSA) is 142 Å². The Kier molecular flexibility index (Phi) is 10.5. The second kappa shape index (κ2) is 13.7. The Labute approximate surface area is 266 Å². The Hall–Kier alpha value is -3.50. The van der Waals surface area contributed by atoms with Crippen molar-refractivity contribution in [1.82, 2.24) is 9.21 Å². The van der Waals surface area contributed by atoms with E-state index in [0.29, 0.717) is 31.6 Å². The van der Waals surface area contributed by atoms with Crippen LogP contribution in [0.15, 0.2) is 76.5 Å². The molecule has 5 rings (SSSR count). The van der Waals surface area contributed by atoms with E-state index in [1.165, 1.54) is 28.6 Å². The van der Waals surface area contributed by atoms with Gasteiger partial charge >= 0.3 is 12.3 Å². The molecule has 10 nitrogen and oxygen atoms in total. The second-order valence-electron chi connectivity index (χ2n) is 11.5. The molecule has 1 unspecified atom stereocenters. The summed E-state index contributed by atoms with van der Waals surface area (Å²) in [6.45, 7) is 6.82. The summed E-state index contributed by atoms with van der Waals surface area (Å²) in [5.74, 6) is -1.85. The smallest absolute Gasteiger partial charge is 0.481 e. The van der Waals surface area contributed by atoms with Crippen LogP contribution in [0.25, 0.3) is 0 Å². The Morgan fingerprint density at radius 3 is 2.02 bits per heavy atom. The fourth-order valence-corrected chi connectivity index (χ4v) is 8.50. The highest BCUT2D eigenvalue weighted by atomic mass is 32.2. The summed E-state index contributed by atoms with van der Waals surface area (Å²) in [6.07, 6.45) is -4.24. The van der Waals surface area contributed by atoms with Crippen LogP contribution in [-0.2, 0) is 44.3 Å². The number of aliphatic carboxylic acids is 1. The number of benzene rings is 3. The van der Waals surface area contributed by atoms with Crippen molar-refractivity contribution >= 4 is 26.1 Å². The van der Waals surface area contributed by atoms with Gasteiger partial charge in [-0.3, -0.25) is 14.2 Å². The molecule has 1 heterocycles. The number of halogens is 3. The van der Waals surface area contributed by atoms with Gasteiger partial charge in [-0.15, -0.1) is 13.2 Å². The molecule has 1 aliphatic heterocycles. The van der Waals surface area contributed by atoms with Crippen molar-refractivity contribution in [1.29, 1.82) is 0 Å². The number of ether oxygens (including phenoxy) is 1. The van der Waals surface area contributed by atoms with E-state index in [2.05, 4.69) is 9.64 Å². The summed E-state index contributed by atoms with van der Waals surface area (Å²) in [5.41, 5.74) is 3.09. The quantitative estimate of drug-likeness (QED) is 0.332. The minimum atomic E-state index is -4.75. The second-order valence-corrected chi connectivity index (χ2v) is 14.8. The summed E-state index contributed by atoms with van der Waals surface area (Å²) in [4.78, 5) is 13.7. The lowest BCUT2D eigenvalue weighted by Gasteiger charge is -2.43. The molecule has 0 amide bonds. The fourth-order valence-electron chi connectivity index (χ4n) is 5.93. The monoisotopic (exact) mass is 684 g/mol. The molecule has 2 N–H and O–H groups in total. The maximum absolute atomic E-state index is 13.7. The third-order valence-corrected chi connectivity index (χ3v) is 10.9. The van der Waals surface area contributed by atoms with E-state index in [9.17, 15) is 39.9 Å². The zero-order valence-corrected chi connectivity index (χ0v) is 26.9. The third kappa shape index (κ3) is 8.64. The van der Waals surface area contributed by atoms with Gasteiger partial charge in [0.1, 0.15) is 5.75 Å². The molecule has 0 radical (unpaired) electrons. The number of carboxylic acid groups (broad SMARTS) is 1. The first kappa shape index (κ1) is 35.4. The first-order valence-corrected chi connectivity index (χ1v) is 17.2. The molecule has 250 valence electrons. The number of carbonyl (C=O) groups is 1. The standard InChI is InChI=1S/C24H27F3N2O5S.C7H8O3S/c1-15-12-28(14-17-6-8-20(9-7-17)34-24(25,26)27)13-16(2)29(15)35(32,33)22-5-3-4-18-10-19(23(30)31)11-21(18)22;1-6-2-4-7(5-3-6)11(8,9)10/h3-9,15-16,19H,10-14H2,1-2H3,(H,30,31);2-5H,1H3,(H,8,9,10)/t15-,16+,19?;. The van der Waals surface area contributed by atoms with Crippen LogP contribution in [-0.4, -0.2) is 73.2 Å². The van der Waals surface area contributed by atoms with Crippen molar-refractivity contribution in [2.24, 2.45) is 5.92 Å². The van der Waals surface area contributed by atoms with Gasteiger partial charge in [0.05, 0.1) is 15.7 Å². The van der Waals surface area contributed by atoms with Crippen LogP contribution < -0.4 is 4.74 Å². The number of aryl methyl sites for hydroxylation is 1. The highest BCUT2D eigenvalue weighted by Gasteiger charge is 2.41. The molecule has 0 saturated carbocycles. The number of fused-ring (bicyclic) bond motifs is 1. The number of alkyl halides is 3. The molecule has 46 heavy (non-hydrogen) atoms. The SMILES string of the molecule is C[C@@H]1CN(Cc2ccc(OC(F)(F)F)cc2)C[C@H](C)N1S(=O)(=O)c1cccc2c1CC(C(=O)O)C2.Cc1ccc(S(=O)(=O)O)cc1. The molecular weight excluding hydrogens is 649 g/mol. The number of carboxylic acids is 1. The van der Waals surface area contributed by atoms with Crippen LogP contribution in [0.5, 0.6) is 5.75 Å². The first-order valence-electron chi connectivity index (χ1n) is 14.3. The van der Waals surface area contributed by atoms with Crippen LogP contribution in [0.1, 0.15) is 36.1 Å². The van der Waals surface area contributed by atoms with E-state index in [1.54, 1.807) is 42.5 Å². The molecule has 0 spiro atoms. The summed E-state index contributed by atoms with van der Waals surface area (Å²) in [5, 5.41) is 9.40. The van der Waals surface area contributed by atoms with Gasteiger partial charge in [-0.2, -0.15) is 12.7 Å². The number of sulfonamides is 1. The van der Waals surface area contributed by atoms with Crippen molar-refractivity contribution in [2.75, 3.05) is 13.1 Å². The van der Waals surface area contributed by atoms with Crippen molar-refractivity contribution in [3.8, 4) is 5.75 Å². The van der Waals surface area contributed by atoms with E-state index in [4.69, 9.17) is 4.55 Å². The summed E-state index contributed by atoms with van der Waals surface area (Å²) in [7, 11) is -7.88. The van der Waals surface area contributed by atoms with Gasteiger partial charge in [-0.1, -0.05) is 42.0 Å². The van der Waals surface area contributed by atoms with Crippen molar-refractivity contribution in [3.63, 3.8) is 0 Å². The van der Waals surface area contributed by atoms with Gasteiger partial charge in [-0.25, -0.2) is 8.42 Å². The van der Waals surface area contributed by atoms with Crippen LogP contribution >= 0.6 is 0 Å². The minimum Gasteiger partial charge on any atom is -0.481 e. The Bertz CT molecular complexity index is 1750. The Morgan fingerprint density at radius 1 is 0.913 bits per heavy atom. The molecule has 3 aromatic rings. The number of piperazine rings is 1. The van der Waals surface area contributed by atoms with Gasteiger partial charge < -0.3 is 9.84 Å². The van der Waals surface area contributed by atoms with Crippen LogP contribution in [0.2, 0.25) is 0 Å². The zero-order chi connectivity index (χ0) is 34.0. The van der Waals surface area contributed by atoms with E-state index in [-0.39, 0.29) is 34.0 Å². The fraction of sp³-hybridized carbons (Fsp3) is 0.387. The summed E-state index contributed by atoms with van der Waals surface area (Å²) < 4.78 is 99.5. The average molecular weight is 685 g/mol. The number of nitrogens with zero attached hydrogens (tertiary/aromatic N) is 2. The maximum atomic E-state index is 13.7. The predicted molar refractivity (Wildman–Crippen MR) is 162 cm³/mol. The van der Waals surface area contributed by atoms with Gasteiger partial charge in [0, 0.05) is 31.7 Å². The van der Waals surface area contributed by atoms with Crippen LogP contribution in [0.3, 0.4) is 0 Å². The van der Waals surface area contributed by atoms with E-state index in [1.807, 2.05) is 20.8 Å². The number of hydrogen-bond donors (Lipinski definition) is 2. The van der Waals surface area contributed by atoms with Crippen LogP contribution in [0, 0.1) is 12.8 Å². The lowest BCUT2D eigenvalue weighted by atomic mass is 10.1. The molecule has 0 bridgehead atoms. The molecule has 1 saturated heterocycles. The molecule has 2 aliphatic rings. The summed E-state index contributed by atoms with van der Waals surface area (Å²) in [6, 6.07) is 15.9. The Balaban J connectivity index is 0.000000369. The highest BCUT2D eigenvalue weighted by molar-refractivity contribution is 7.89.